The quantitative estimate of drug-likeness (QED) is 0.352. The third-order valence-corrected chi connectivity index (χ3v) is 5.58. The fourth-order valence-electron chi connectivity index (χ4n) is 3.37. The molecule has 0 atom stereocenters. The van der Waals surface area contributed by atoms with Crippen molar-refractivity contribution in [3.05, 3.63) is 95.1 Å². The minimum atomic E-state index is 0. The van der Waals surface area contributed by atoms with E-state index in [9.17, 15) is 0 Å². The van der Waals surface area contributed by atoms with Gasteiger partial charge in [-0.3, -0.25) is 0 Å². The fraction of sp³-hybridized carbons (Fsp3) is 0.214. The van der Waals surface area contributed by atoms with Crippen LogP contribution in [0, 0.1) is 27.7 Å². The summed E-state index contributed by atoms with van der Waals surface area (Å²) in [4.78, 5) is 0. The molecule has 0 radical (unpaired) electrons. The van der Waals surface area contributed by atoms with E-state index in [1.165, 1.54) is 44.5 Å². The minimum absolute atomic E-state index is 0. The van der Waals surface area contributed by atoms with E-state index in [1.54, 1.807) is 14.2 Å². The van der Waals surface area contributed by atoms with Crippen molar-refractivity contribution < 1.29 is 60.5 Å². The number of rotatable bonds is 4. The van der Waals surface area contributed by atoms with Gasteiger partial charge in [0.15, 0.2) is 0 Å². The van der Waals surface area contributed by atoms with E-state index in [1.807, 2.05) is 24.3 Å². The number of hydrogen-bond acceptors (Lipinski definition) is 2. The molecule has 2 nitrogen and oxygen atoms in total. The van der Waals surface area contributed by atoms with Crippen LogP contribution in [0.2, 0.25) is 0 Å². The molecule has 33 heavy (non-hydrogen) atoms. The van der Waals surface area contributed by atoms with Crippen molar-refractivity contribution in [2.75, 3.05) is 14.2 Å². The van der Waals surface area contributed by atoms with Gasteiger partial charge in [0.05, 0.1) is 14.2 Å². The zero-order chi connectivity index (χ0) is 21.7. The van der Waals surface area contributed by atoms with Gasteiger partial charge in [-0.1, -0.05) is 63.1 Å². The summed E-state index contributed by atoms with van der Waals surface area (Å²) in [7, 11) is 3.37. The number of benzene rings is 2. The molecule has 172 valence electrons. The zero-order valence-electron chi connectivity index (χ0n) is 20.0. The molecule has 0 bridgehead atoms. The first-order valence-electron chi connectivity index (χ1n) is 10.2. The number of methoxy groups -OCH3 is 2. The Balaban J connectivity index is 0.000000569. The van der Waals surface area contributed by atoms with Crippen LogP contribution >= 0.6 is 0 Å². The van der Waals surface area contributed by atoms with Gasteiger partial charge in [-0.25, -0.2) is 0 Å². The summed E-state index contributed by atoms with van der Waals surface area (Å²) < 4.78 is 10.3. The van der Waals surface area contributed by atoms with Gasteiger partial charge in [-0.15, -0.1) is 81.9 Å². The van der Waals surface area contributed by atoms with E-state index in [0.717, 1.165) is 11.5 Å². The van der Waals surface area contributed by atoms with Crippen LogP contribution in [0.15, 0.2) is 72.8 Å². The van der Waals surface area contributed by atoms with Gasteiger partial charge >= 0.3 is 26.2 Å². The molecule has 0 aliphatic rings. The smallest absolute Gasteiger partial charge is 1.00 e. The molecule has 0 amide bonds. The molecule has 0 aromatic heterocycles. The summed E-state index contributed by atoms with van der Waals surface area (Å²) in [5.74, 6) is 1.80. The van der Waals surface area contributed by atoms with Crippen molar-refractivity contribution in [2.45, 2.75) is 27.7 Å². The number of hydrogen-bond donors (Lipinski definition) is 0. The Bertz CT molecular complexity index is 965. The monoisotopic (exact) mass is 558 g/mol. The molecule has 5 heteroatoms. The fourth-order valence-corrected chi connectivity index (χ4v) is 3.37. The Kier molecular flexibility index (Phi) is 13.7. The van der Waals surface area contributed by atoms with Crippen LogP contribution in [0.25, 0.3) is 22.3 Å². The Hall–Kier alpha value is -1.80. The zero-order valence-corrected chi connectivity index (χ0v) is 24.0. The van der Waals surface area contributed by atoms with E-state index in [-0.39, 0.29) is 51.0 Å². The summed E-state index contributed by atoms with van der Waals surface area (Å²) in [6, 6.07) is 25.2. The summed E-state index contributed by atoms with van der Waals surface area (Å²) in [6.07, 6.45) is 0. The summed E-state index contributed by atoms with van der Waals surface area (Å²) in [5.41, 5.74) is 10.4. The molecule has 0 aliphatic heterocycles. The first-order valence-corrected chi connectivity index (χ1v) is 10.2. The Morgan fingerprint density at radius 2 is 0.727 bits per heavy atom. The number of halogens is 2. The molecular weight excluding hydrogens is 530 g/mol. The average Bonchev–Trinajstić information content (AvgIpc) is 3.29. The molecule has 0 heterocycles. The predicted octanol–water partition coefficient (Wildman–Crippen LogP) is 1.40. The second kappa shape index (κ2) is 14.5. The van der Waals surface area contributed by atoms with Crippen molar-refractivity contribution >= 4 is 0 Å². The first kappa shape index (κ1) is 31.2. The van der Waals surface area contributed by atoms with E-state index in [0.29, 0.717) is 0 Å². The maximum Gasteiger partial charge on any atom is 4.00 e. The van der Waals surface area contributed by atoms with E-state index in [4.69, 9.17) is 9.47 Å². The van der Waals surface area contributed by atoms with Crippen LogP contribution in [-0.2, 0) is 26.2 Å². The van der Waals surface area contributed by atoms with Gasteiger partial charge in [0.2, 0.25) is 0 Å². The van der Waals surface area contributed by atoms with Crippen molar-refractivity contribution in [3.8, 4) is 33.8 Å². The molecule has 0 saturated heterocycles. The van der Waals surface area contributed by atoms with Gasteiger partial charge < -0.3 is 34.3 Å². The first-order chi connectivity index (χ1) is 14.4. The largest absolute Gasteiger partial charge is 4.00 e. The van der Waals surface area contributed by atoms with Crippen molar-refractivity contribution in [1.29, 1.82) is 0 Å². The molecule has 0 fully saturated rings. The standard InChI is InChI=1S/2C14H15O.2ClH.Zr/c2*1-10-8-13(9-11(10)2)12-4-6-14(15-3)7-5-12;;;/h2*4-9H,1-3H3;2*1H;/q2*-1;;;+4/p-2. The molecule has 4 aromatic carbocycles. The van der Waals surface area contributed by atoms with E-state index < -0.39 is 0 Å². The molecule has 0 spiro atoms. The third kappa shape index (κ3) is 8.18. The van der Waals surface area contributed by atoms with E-state index >= 15 is 0 Å². The van der Waals surface area contributed by atoms with Gasteiger partial charge in [0.1, 0.15) is 11.5 Å². The van der Waals surface area contributed by atoms with Crippen LogP contribution in [0.1, 0.15) is 22.3 Å². The Morgan fingerprint density at radius 1 is 0.485 bits per heavy atom. The van der Waals surface area contributed by atoms with Crippen LogP contribution in [0.5, 0.6) is 11.5 Å². The summed E-state index contributed by atoms with van der Waals surface area (Å²) in [6.45, 7) is 8.56. The second-order valence-electron chi connectivity index (χ2n) is 7.68. The maximum atomic E-state index is 5.13. The molecule has 0 N–H and O–H groups in total. The Labute approximate surface area is 230 Å². The predicted molar refractivity (Wildman–Crippen MR) is 127 cm³/mol. The van der Waals surface area contributed by atoms with Crippen LogP contribution in [0.3, 0.4) is 0 Å². The van der Waals surface area contributed by atoms with Crippen LogP contribution in [-0.4, -0.2) is 14.2 Å². The van der Waals surface area contributed by atoms with Crippen LogP contribution in [0.4, 0.5) is 0 Å². The number of aryl methyl sites for hydroxylation is 4. The number of ether oxygens (including phenoxy) is 2. The topological polar surface area (TPSA) is 18.5 Å². The van der Waals surface area contributed by atoms with Gasteiger partial charge in [-0.2, -0.15) is 0 Å². The maximum absolute atomic E-state index is 5.13. The van der Waals surface area contributed by atoms with Crippen molar-refractivity contribution in [2.24, 2.45) is 0 Å². The molecule has 0 aliphatic carbocycles. The normalized spacial score (nSPS) is 9.39. The van der Waals surface area contributed by atoms with Gasteiger partial charge in [-0.05, 0) is 0 Å². The minimum Gasteiger partial charge on any atom is -1.00 e. The Morgan fingerprint density at radius 3 is 0.939 bits per heavy atom. The van der Waals surface area contributed by atoms with Crippen molar-refractivity contribution in [1.82, 2.24) is 0 Å². The average molecular weight is 561 g/mol. The molecule has 4 aromatic rings. The van der Waals surface area contributed by atoms with Gasteiger partial charge in [0, 0.05) is 0 Å². The second-order valence-corrected chi connectivity index (χ2v) is 7.68. The van der Waals surface area contributed by atoms with E-state index in [2.05, 4.69) is 76.2 Å². The third-order valence-electron chi connectivity index (χ3n) is 5.58. The van der Waals surface area contributed by atoms with Crippen LogP contribution < -0.4 is 34.3 Å². The molecular formula is C28H30Cl2O2Zr. The summed E-state index contributed by atoms with van der Waals surface area (Å²) >= 11 is 0. The molecule has 0 saturated carbocycles. The summed E-state index contributed by atoms with van der Waals surface area (Å²) in [5, 5.41) is 0. The molecule has 0 unspecified atom stereocenters. The van der Waals surface area contributed by atoms with Gasteiger partial charge in [0.25, 0.3) is 0 Å². The SMILES string of the molecule is COc1ccc(-[c-]2cc(C)c(C)c2)cc1.COc1ccc(-[c-]2cc(C)c(C)c2)cc1.[Cl-].[Cl-].[Zr+4]. The molecule has 4 rings (SSSR count). The van der Waals surface area contributed by atoms with Crippen molar-refractivity contribution in [3.63, 3.8) is 0 Å².